The first-order valence-corrected chi connectivity index (χ1v) is 9.49. The molecule has 1 aliphatic rings. The van der Waals surface area contributed by atoms with Gasteiger partial charge in [0.2, 0.25) is 0 Å². The van der Waals surface area contributed by atoms with Gasteiger partial charge in [-0.25, -0.2) is 4.98 Å². The van der Waals surface area contributed by atoms with Crippen molar-refractivity contribution in [2.45, 2.75) is 19.8 Å². The minimum atomic E-state index is -0.0696. The molecule has 0 N–H and O–H groups in total. The summed E-state index contributed by atoms with van der Waals surface area (Å²) >= 11 is 0. The van der Waals surface area contributed by atoms with Crippen LogP contribution in [0.15, 0.2) is 54.7 Å². The second-order valence-electron chi connectivity index (χ2n) is 6.78. The highest BCUT2D eigenvalue weighted by Crippen LogP contribution is 2.32. The number of pyridine rings is 2. The summed E-state index contributed by atoms with van der Waals surface area (Å²) in [6.07, 6.45) is 3.41. The van der Waals surface area contributed by atoms with E-state index >= 15 is 0 Å². The number of benzene rings is 1. The van der Waals surface area contributed by atoms with Crippen LogP contribution >= 0.6 is 0 Å². The Morgan fingerprint density at radius 1 is 1.15 bits per heavy atom. The van der Waals surface area contributed by atoms with Crippen molar-refractivity contribution in [1.29, 1.82) is 0 Å². The van der Waals surface area contributed by atoms with Crippen LogP contribution in [0.3, 0.4) is 0 Å². The topological polar surface area (TPSA) is 55.3 Å². The maximum atomic E-state index is 12.0. The summed E-state index contributed by atoms with van der Waals surface area (Å²) in [4.78, 5) is 23.7. The van der Waals surface area contributed by atoms with Crippen LogP contribution in [0.4, 0.5) is 5.69 Å². The van der Waals surface area contributed by atoms with Gasteiger partial charge in [0.05, 0.1) is 29.4 Å². The molecule has 0 saturated carbocycles. The van der Waals surface area contributed by atoms with E-state index in [1.165, 1.54) is 0 Å². The van der Waals surface area contributed by atoms with Crippen molar-refractivity contribution in [2.24, 2.45) is 5.92 Å². The number of aromatic nitrogens is 2. The van der Waals surface area contributed by atoms with Gasteiger partial charge in [-0.1, -0.05) is 30.3 Å². The number of carbonyl (C=O) groups excluding carboxylic acids is 1. The van der Waals surface area contributed by atoms with Crippen LogP contribution in [-0.4, -0.2) is 35.6 Å². The third-order valence-electron chi connectivity index (χ3n) is 5.07. The van der Waals surface area contributed by atoms with E-state index in [0.717, 1.165) is 53.9 Å². The summed E-state index contributed by atoms with van der Waals surface area (Å²) in [6.45, 7) is 3.92. The van der Waals surface area contributed by atoms with Gasteiger partial charge < -0.3 is 9.64 Å². The number of piperidine rings is 1. The second-order valence-corrected chi connectivity index (χ2v) is 6.78. The number of hydrogen-bond acceptors (Lipinski definition) is 5. The molecule has 1 saturated heterocycles. The van der Waals surface area contributed by atoms with Gasteiger partial charge in [0, 0.05) is 24.8 Å². The van der Waals surface area contributed by atoms with E-state index in [4.69, 9.17) is 9.72 Å². The summed E-state index contributed by atoms with van der Waals surface area (Å²) in [7, 11) is 0. The van der Waals surface area contributed by atoms with Crippen LogP contribution in [0, 0.1) is 5.92 Å². The molecule has 0 aliphatic carbocycles. The third kappa shape index (κ3) is 3.63. The van der Waals surface area contributed by atoms with Gasteiger partial charge in [0.1, 0.15) is 5.52 Å². The molecule has 0 radical (unpaired) electrons. The minimum Gasteiger partial charge on any atom is -0.466 e. The molecule has 27 heavy (non-hydrogen) atoms. The molecule has 1 aliphatic heterocycles. The van der Waals surface area contributed by atoms with Crippen LogP contribution in [0.25, 0.3) is 22.3 Å². The molecular weight excluding hydrogens is 338 g/mol. The molecule has 1 aromatic carbocycles. The Morgan fingerprint density at radius 3 is 2.67 bits per heavy atom. The van der Waals surface area contributed by atoms with Gasteiger partial charge in [-0.15, -0.1) is 0 Å². The summed E-state index contributed by atoms with van der Waals surface area (Å²) in [5.41, 5.74) is 4.92. The molecular formula is C22H23N3O2. The highest BCUT2D eigenvalue weighted by molar-refractivity contribution is 5.91. The number of nitrogens with zero attached hydrogens (tertiary/aromatic N) is 3. The monoisotopic (exact) mass is 361 g/mol. The highest BCUT2D eigenvalue weighted by atomic mass is 16.5. The molecule has 0 bridgehead atoms. The van der Waals surface area contributed by atoms with Crippen molar-refractivity contribution in [3.63, 3.8) is 0 Å². The van der Waals surface area contributed by atoms with Crippen LogP contribution in [0.1, 0.15) is 19.8 Å². The SMILES string of the molecule is CCOC(=O)C1CCN(c2cc(-c3ccccc3)nc3cccnc23)CC1. The molecule has 3 heterocycles. The molecule has 0 atom stereocenters. The lowest BCUT2D eigenvalue weighted by atomic mass is 9.96. The lowest BCUT2D eigenvalue weighted by molar-refractivity contribution is -0.148. The van der Waals surface area contributed by atoms with E-state index in [-0.39, 0.29) is 11.9 Å². The molecule has 3 aromatic rings. The van der Waals surface area contributed by atoms with Gasteiger partial charge >= 0.3 is 5.97 Å². The number of rotatable bonds is 4. The summed E-state index contributed by atoms with van der Waals surface area (Å²) in [5.74, 6) is -0.0734. The first-order chi connectivity index (χ1) is 13.3. The lowest BCUT2D eigenvalue weighted by Gasteiger charge is -2.33. The average molecular weight is 361 g/mol. The summed E-state index contributed by atoms with van der Waals surface area (Å²) < 4.78 is 5.19. The van der Waals surface area contributed by atoms with E-state index in [1.54, 1.807) is 6.20 Å². The molecule has 1 fully saturated rings. The Labute approximate surface area is 159 Å². The number of esters is 1. The minimum absolute atomic E-state index is 0.00384. The standard InChI is InChI=1S/C22H23N3O2/c1-2-27-22(26)17-10-13-25(14-11-17)20-15-19(16-7-4-3-5-8-16)24-18-9-6-12-23-21(18)20/h3-9,12,15,17H,2,10-11,13-14H2,1H3. The zero-order valence-electron chi connectivity index (χ0n) is 15.5. The predicted octanol–water partition coefficient (Wildman–Crippen LogP) is 4.08. The number of fused-ring (bicyclic) bond motifs is 1. The van der Waals surface area contributed by atoms with Crippen LogP contribution < -0.4 is 4.90 Å². The first-order valence-electron chi connectivity index (χ1n) is 9.49. The van der Waals surface area contributed by atoms with Gasteiger partial charge in [0.15, 0.2) is 0 Å². The summed E-state index contributed by atoms with van der Waals surface area (Å²) in [5, 5.41) is 0. The summed E-state index contributed by atoms with van der Waals surface area (Å²) in [6, 6.07) is 16.2. The predicted molar refractivity (Wildman–Crippen MR) is 107 cm³/mol. The van der Waals surface area contributed by atoms with Crippen molar-refractivity contribution in [2.75, 3.05) is 24.6 Å². The van der Waals surface area contributed by atoms with Crippen LogP contribution in [0.5, 0.6) is 0 Å². The van der Waals surface area contributed by atoms with Gasteiger partial charge in [0.25, 0.3) is 0 Å². The molecule has 5 heteroatoms. The Hall–Kier alpha value is -2.95. The normalized spacial score (nSPS) is 15.1. The van der Waals surface area contributed by atoms with E-state index in [1.807, 2.05) is 37.3 Å². The molecule has 4 rings (SSSR count). The fourth-order valence-electron chi connectivity index (χ4n) is 3.66. The van der Waals surface area contributed by atoms with Crippen LogP contribution in [-0.2, 0) is 9.53 Å². The van der Waals surface area contributed by atoms with Gasteiger partial charge in [-0.2, -0.15) is 0 Å². The zero-order valence-corrected chi connectivity index (χ0v) is 15.5. The smallest absolute Gasteiger partial charge is 0.309 e. The fourth-order valence-corrected chi connectivity index (χ4v) is 3.66. The van der Waals surface area contributed by atoms with E-state index in [9.17, 15) is 4.79 Å². The molecule has 0 unspecified atom stereocenters. The molecule has 138 valence electrons. The number of ether oxygens (including phenoxy) is 1. The second kappa shape index (κ2) is 7.74. The van der Waals surface area contributed by atoms with Crippen molar-refractivity contribution < 1.29 is 9.53 Å². The Kier molecular flexibility index (Phi) is 5.01. The van der Waals surface area contributed by atoms with Crippen molar-refractivity contribution in [3.8, 4) is 11.3 Å². The number of carbonyl (C=O) groups is 1. The van der Waals surface area contributed by atoms with E-state index in [2.05, 4.69) is 28.1 Å². The lowest BCUT2D eigenvalue weighted by Crippen LogP contribution is -2.37. The van der Waals surface area contributed by atoms with E-state index < -0.39 is 0 Å². The van der Waals surface area contributed by atoms with Crippen molar-refractivity contribution in [3.05, 3.63) is 54.7 Å². The zero-order chi connectivity index (χ0) is 18.6. The Balaban J connectivity index is 1.66. The van der Waals surface area contributed by atoms with Crippen LogP contribution in [0.2, 0.25) is 0 Å². The molecule has 2 aromatic heterocycles. The molecule has 0 amide bonds. The molecule has 5 nitrogen and oxygen atoms in total. The first kappa shape index (κ1) is 17.5. The van der Waals surface area contributed by atoms with Gasteiger partial charge in [-0.05, 0) is 38.0 Å². The highest BCUT2D eigenvalue weighted by Gasteiger charge is 2.27. The Morgan fingerprint density at radius 2 is 1.93 bits per heavy atom. The quantitative estimate of drug-likeness (QED) is 0.656. The third-order valence-corrected chi connectivity index (χ3v) is 5.07. The largest absolute Gasteiger partial charge is 0.466 e. The maximum Gasteiger partial charge on any atom is 0.309 e. The number of anilines is 1. The number of hydrogen-bond donors (Lipinski definition) is 0. The Bertz CT molecular complexity index is 935. The maximum absolute atomic E-state index is 12.0. The average Bonchev–Trinajstić information content (AvgIpc) is 2.74. The van der Waals surface area contributed by atoms with Crippen molar-refractivity contribution in [1.82, 2.24) is 9.97 Å². The molecule has 0 spiro atoms. The van der Waals surface area contributed by atoms with Crippen molar-refractivity contribution >= 4 is 22.7 Å². The van der Waals surface area contributed by atoms with E-state index in [0.29, 0.717) is 6.61 Å². The van der Waals surface area contributed by atoms with Gasteiger partial charge in [-0.3, -0.25) is 9.78 Å². The fraction of sp³-hybridized carbons (Fsp3) is 0.318.